The number of esters is 1. The third-order valence-electron chi connectivity index (χ3n) is 2.94. The predicted octanol–water partition coefficient (Wildman–Crippen LogP) is 3.39. The van der Waals surface area contributed by atoms with Crippen LogP contribution in [-0.2, 0) is 9.59 Å². The van der Waals surface area contributed by atoms with Gasteiger partial charge in [-0.15, -0.1) is 11.3 Å². The van der Waals surface area contributed by atoms with E-state index in [-0.39, 0.29) is 6.42 Å². The smallest absolute Gasteiger partial charge is 0.319 e. The van der Waals surface area contributed by atoms with Crippen LogP contribution in [0.1, 0.15) is 6.42 Å². The Morgan fingerprint density at radius 1 is 1.35 bits per heavy atom. The van der Waals surface area contributed by atoms with Gasteiger partial charge in [-0.3, -0.25) is 4.79 Å². The zero-order chi connectivity index (χ0) is 13.9. The minimum atomic E-state index is -0.535. The summed E-state index contributed by atoms with van der Waals surface area (Å²) in [6.45, 7) is 0. The van der Waals surface area contributed by atoms with Gasteiger partial charge in [0.2, 0.25) is 0 Å². The van der Waals surface area contributed by atoms with Crippen LogP contribution < -0.4 is 4.74 Å². The van der Waals surface area contributed by atoms with Crippen molar-refractivity contribution in [3.05, 3.63) is 41.9 Å². The number of aromatic nitrogens is 1. The molecule has 1 N–H and O–H groups in total. The number of fused-ring (bicyclic) bond motifs is 1. The molecule has 2 aromatic heterocycles. The van der Waals surface area contributed by atoms with Crippen molar-refractivity contribution < 1.29 is 14.3 Å². The molecule has 20 heavy (non-hydrogen) atoms. The van der Waals surface area contributed by atoms with Crippen LogP contribution >= 0.6 is 11.3 Å². The van der Waals surface area contributed by atoms with Crippen molar-refractivity contribution in [1.29, 1.82) is 0 Å². The van der Waals surface area contributed by atoms with Gasteiger partial charge in [0.1, 0.15) is 12.7 Å². The number of hydrogen-bond donors (Lipinski definition) is 1. The first-order valence-corrected chi connectivity index (χ1v) is 6.95. The number of aldehydes is 1. The fraction of sp³-hybridized carbons (Fsp3) is 0.0667. The number of para-hydroxylation sites is 1. The molecule has 0 fully saturated rings. The summed E-state index contributed by atoms with van der Waals surface area (Å²) in [7, 11) is 0. The molecule has 100 valence electrons. The number of H-pyrrole nitrogens is 1. The molecule has 4 nitrogen and oxygen atoms in total. The van der Waals surface area contributed by atoms with Gasteiger partial charge in [0.05, 0.1) is 0 Å². The normalized spacial score (nSPS) is 10.6. The first kappa shape index (κ1) is 12.6. The van der Waals surface area contributed by atoms with Gasteiger partial charge in [-0.05, 0) is 11.6 Å². The number of nitrogens with one attached hydrogen (secondary N) is 1. The average Bonchev–Trinajstić information content (AvgIpc) is 3.05. The van der Waals surface area contributed by atoms with Crippen LogP contribution in [0.15, 0.2) is 41.9 Å². The van der Waals surface area contributed by atoms with Crippen molar-refractivity contribution in [2.75, 3.05) is 0 Å². The molecule has 0 spiro atoms. The predicted molar refractivity (Wildman–Crippen MR) is 77.9 cm³/mol. The summed E-state index contributed by atoms with van der Waals surface area (Å²) >= 11 is 1.34. The number of carbonyl (C=O) groups is 2. The molecule has 0 atom stereocenters. The van der Waals surface area contributed by atoms with Crippen molar-refractivity contribution in [1.82, 2.24) is 4.98 Å². The lowest BCUT2D eigenvalue weighted by atomic mass is 10.1. The lowest BCUT2D eigenvalue weighted by Gasteiger charge is -1.96. The summed E-state index contributed by atoms with van der Waals surface area (Å²) in [5.41, 5.74) is 3.11. The highest BCUT2D eigenvalue weighted by Crippen LogP contribution is 2.34. The summed E-state index contributed by atoms with van der Waals surface area (Å²) < 4.78 is 5.08. The third kappa shape index (κ3) is 2.35. The SMILES string of the molecule is O=CCC(=O)Oc1cc(-c2c[nH]c3ccccc23)cs1. The van der Waals surface area contributed by atoms with Crippen molar-refractivity contribution in [2.45, 2.75) is 6.42 Å². The van der Waals surface area contributed by atoms with Crippen LogP contribution in [-0.4, -0.2) is 17.2 Å². The van der Waals surface area contributed by atoms with E-state index in [1.165, 1.54) is 11.3 Å². The highest BCUT2D eigenvalue weighted by Gasteiger charge is 2.10. The number of thiophene rings is 1. The molecule has 0 aliphatic heterocycles. The van der Waals surface area contributed by atoms with Crippen molar-refractivity contribution in [3.63, 3.8) is 0 Å². The first-order valence-electron chi connectivity index (χ1n) is 6.07. The molecule has 2 heterocycles. The zero-order valence-corrected chi connectivity index (χ0v) is 11.3. The maximum atomic E-state index is 11.3. The maximum absolute atomic E-state index is 11.3. The van der Waals surface area contributed by atoms with Gasteiger partial charge in [-0.2, -0.15) is 0 Å². The van der Waals surface area contributed by atoms with E-state index >= 15 is 0 Å². The third-order valence-corrected chi connectivity index (χ3v) is 3.75. The summed E-state index contributed by atoms with van der Waals surface area (Å²) in [5.74, 6) is -0.535. The Hall–Kier alpha value is -2.40. The van der Waals surface area contributed by atoms with Gasteiger partial charge in [0, 0.05) is 34.1 Å². The highest BCUT2D eigenvalue weighted by atomic mass is 32.1. The van der Waals surface area contributed by atoms with Crippen LogP contribution in [0, 0.1) is 0 Å². The molecule has 1 aromatic carbocycles. The van der Waals surface area contributed by atoms with Crippen molar-refractivity contribution >= 4 is 34.5 Å². The van der Waals surface area contributed by atoms with E-state index in [2.05, 4.69) is 4.98 Å². The van der Waals surface area contributed by atoms with Crippen molar-refractivity contribution in [2.24, 2.45) is 0 Å². The molecule has 0 aliphatic rings. The van der Waals surface area contributed by atoms with E-state index in [1.54, 1.807) is 0 Å². The highest BCUT2D eigenvalue weighted by molar-refractivity contribution is 7.12. The Kier molecular flexibility index (Phi) is 3.35. The van der Waals surface area contributed by atoms with Gasteiger partial charge in [0.15, 0.2) is 5.06 Å². The molecular weight excluding hydrogens is 274 g/mol. The Bertz CT molecular complexity index is 772. The van der Waals surface area contributed by atoms with Crippen LogP contribution in [0.3, 0.4) is 0 Å². The largest absolute Gasteiger partial charge is 0.415 e. The monoisotopic (exact) mass is 285 g/mol. The summed E-state index contributed by atoms with van der Waals surface area (Å²) in [5, 5.41) is 3.55. The molecule has 3 rings (SSSR count). The first-order chi connectivity index (χ1) is 9.78. The quantitative estimate of drug-likeness (QED) is 0.454. The molecule has 0 bridgehead atoms. The molecule has 0 saturated heterocycles. The van der Waals surface area contributed by atoms with Gasteiger partial charge in [-0.1, -0.05) is 18.2 Å². The number of ether oxygens (including phenoxy) is 1. The number of benzene rings is 1. The number of carbonyl (C=O) groups excluding carboxylic acids is 2. The molecule has 5 heteroatoms. The minimum absolute atomic E-state index is 0.222. The van der Waals surface area contributed by atoms with Crippen LogP contribution in [0.2, 0.25) is 0 Å². The summed E-state index contributed by atoms with van der Waals surface area (Å²) in [6.07, 6.45) is 2.25. The Morgan fingerprint density at radius 3 is 3.05 bits per heavy atom. The number of rotatable bonds is 4. The molecule has 0 radical (unpaired) electrons. The van der Waals surface area contributed by atoms with E-state index in [0.29, 0.717) is 11.3 Å². The number of hydrogen-bond acceptors (Lipinski definition) is 4. The van der Waals surface area contributed by atoms with E-state index in [1.807, 2.05) is 41.9 Å². The van der Waals surface area contributed by atoms with E-state index in [0.717, 1.165) is 22.0 Å². The summed E-state index contributed by atoms with van der Waals surface area (Å²) in [6, 6.07) is 9.82. The van der Waals surface area contributed by atoms with Crippen LogP contribution in [0.5, 0.6) is 5.06 Å². The van der Waals surface area contributed by atoms with Crippen LogP contribution in [0.4, 0.5) is 0 Å². The second-order valence-corrected chi connectivity index (χ2v) is 5.12. The molecule has 0 saturated carbocycles. The molecular formula is C15H11NO3S. The summed E-state index contributed by atoms with van der Waals surface area (Å²) in [4.78, 5) is 24.7. The minimum Gasteiger partial charge on any atom is -0.415 e. The Morgan fingerprint density at radius 2 is 2.20 bits per heavy atom. The van der Waals surface area contributed by atoms with E-state index in [4.69, 9.17) is 4.74 Å². The van der Waals surface area contributed by atoms with Crippen LogP contribution in [0.25, 0.3) is 22.0 Å². The lowest BCUT2D eigenvalue weighted by Crippen LogP contribution is -2.06. The lowest BCUT2D eigenvalue weighted by molar-refractivity contribution is -0.135. The maximum Gasteiger partial charge on any atom is 0.319 e. The van der Waals surface area contributed by atoms with Crippen molar-refractivity contribution in [3.8, 4) is 16.2 Å². The Labute approximate surface area is 119 Å². The molecule has 0 unspecified atom stereocenters. The van der Waals surface area contributed by atoms with E-state index < -0.39 is 5.97 Å². The van der Waals surface area contributed by atoms with Gasteiger partial charge in [-0.25, -0.2) is 0 Å². The fourth-order valence-corrected chi connectivity index (χ4v) is 2.82. The number of aromatic amines is 1. The molecule has 3 aromatic rings. The van der Waals surface area contributed by atoms with Gasteiger partial charge in [0.25, 0.3) is 0 Å². The fourth-order valence-electron chi connectivity index (χ4n) is 2.04. The molecule has 0 amide bonds. The molecule has 0 aliphatic carbocycles. The standard InChI is InChI=1S/C15H11NO3S/c17-6-5-14(18)19-15-7-10(9-20-15)12-8-16-13-4-2-1-3-11(12)13/h1-4,6-9,16H,5H2. The topological polar surface area (TPSA) is 59.2 Å². The zero-order valence-electron chi connectivity index (χ0n) is 10.5. The van der Waals surface area contributed by atoms with Gasteiger partial charge >= 0.3 is 5.97 Å². The van der Waals surface area contributed by atoms with Gasteiger partial charge < -0.3 is 14.5 Å². The second-order valence-electron chi connectivity index (χ2n) is 4.25. The second kappa shape index (κ2) is 5.30. The Balaban J connectivity index is 1.90. The average molecular weight is 285 g/mol. The van der Waals surface area contributed by atoms with E-state index in [9.17, 15) is 9.59 Å².